The van der Waals surface area contributed by atoms with Gasteiger partial charge in [0.25, 0.3) is 0 Å². The first-order valence-electron chi connectivity index (χ1n) is 5.07. The first-order chi connectivity index (χ1) is 8.19. The fourth-order valence-corrected chi connectivity index (χ4v) is 1.60. The average Bonchev–Trinajstić information content (AvgIpc) is 2.29. The Balaban J connectivity index is 2.44. The first kappa shape index (κ1) is 11.8. The molecule has 88 valence electrons. The Bertz CT molecular complexity index is 564. The van der Waals surface area contributed by atoms with Gasteiger partial charge < -0.3 is 9.72 Å². The van der Waals surface area contributed by atoms with E-state index in [0.717, 1.165) is 11.3 Å². The molecule has 0 fully saturated rings. The van der Waals surface area contributed by atoms with Crippen molar-refractivity contribution in [3.05, 3.63) is 34.4 Å². The molecule has 0 aromatic carbocycles. The minimum Gasteiger partial charge on any atom is -0.378 e. The Kier molecular flexibility index (Phi) is 3.55. The Morgan fingerprint density at radius 1 is 1.35 bits per heavy atom. The zero-order valence-corrected chi connectivity index (χ0v) is 10.4. The lowest BCUT2D eigenvalue weighted by atomic mass is 10.4. The fourth-order valence-electron chi connectivity index (χ4n) is 1.36. The van der Waals surface area contributed by atoms with Crippen LogP contribution < -0.4 is 0 Å². The third-order valence-corrected chi connectivity index (χ3v) is 2.30. The van der Waals surface area contributed by atoms with Gasteiger partial charge >= 0.3 is 0 Å². The molecule has 0 aliphatic rings. The number of nitrogens with one attached hydrogen (secondary N) is 1. The van der Waals surface area contributed by atoms with Gasteiger partial charge in [-0.25, -0.2) is 15.0 Å². The third kappa shape index (κ3) is 2.92. The highest BCUT2D eigenvalue weighted by atomic mass is 32.1. The van der Waals surface area contributed by atoms with Crippen molar-refractivity contribution in [1.29, 1.82) is 0 Å². The van der Waals surface area contributed by atoms with Crippen molar-refractivity contribution in [3.8, 4) is 11.6 Å². The van der Waals surface area contributed by atoms with Gasteiger partial charge in [-0.05, 0) is 18.6 Å². The number of aryl methyl sites for hydroxylation is 1. The van der Waals surface area contributed by atoms with Crippen LogP contribution in [0.25, 0.3) is 11.6 Å². The van der Waals surface area contributed by atoms with Crippen molar-refractivity contribution < 1.29 is 4.74 Å². The highest BCUT2D eigenvalue weighted by Crippen LogP contribution is 2.10. The van der Waals surface area contributed by atoms with Gasteiger partial charge in [-0.15, -0.1) is 0 Å². The van der Waals surface area contributed by atoms with Gasteiger partial charge in [0.15, 0.2) is 11.6 Å². The van der Waals surface area contributed by atoms with Crippen LogP contribution in [-0.2, 0) is 11.3 Å². The molecule has 0 unspecified atom stereocenters. The Hall–Kier alpha value is -1.66. The van der Waals surface area contributed by atoms with Gasteiger partial charge in [0, 0.05) is 25.2 Å². The molecule has 2 heterocycles. The van der Waals surface area contributed by atoms with E-state index in [1.807, 2.05) is 6.92 Å². The lowest BCUT2D eigenvalue weighted by Gasteiger charge is -2.04. The molecular formula is C11H12N4OS. The minimum absolute atomic E-state index is 0.449. The molecule has 2 aromatic rings. The molecule has 0 atom stereocenters. The predicted molar refractivity (Wildman–Crippen MR) is 65.9 cm³/mol. The minimum atomic E-state index is 0.449. The highest BCUT2D eigenvalue weighted by Gasteiger charge is 2.04. The highest BCUT2D eigenvalue weighted by molar-refractivity contribution is 7.71. The zero-order chi connectivity index (χ0) is 12.3. The van der Waals surface area contributed by atoms with Crippen molar-refractivity contribution >= 4 is 12.2 Å². The van der Waals surface area contributed by atoms with Crippen LogP contribution in [0.3, 0.4) is 0 Å². The van der Waals surface area contributed by atoms with Gasteiger partial charge in [-0.3, -0.25) is 0 Å². The number of aromatic amines is 1. The molecule has 0 saturated heterocycles. The summed E-state index contributed by atoms with van der Waals surface area (Å²) in [6.07, 6.45) is 3.48. The van der Waals surface area contributed by atoms with Crippen LogP contribution in [0.15, 0.2) is 18.5 Å². The van der Waals surface area contributed by atoms with Crippen molar-refractivity contribution in [2.45, 2.75) is 13.5 Å². The van der Waals surface area contributed by atoms with E-state index in [-0.39, 0.29) is 0 Å². The summed E-state index contributed by atoms with van der Waals surface area (Å²) in [4.78, 5) is 15.7. The van der Waals surface area contributed by atoms with Crippen molar-refractivity contribution in [2.75, 3.05) is 7.11 Å². The summed E-state index contributed by atoms with van der Waals surface area (Å²) >= 11 is 5.08. The maximum atomic E-state index is 5.08. The second-order valence-corrected chi connectivity index (χ2v) is 4.03. The average molecular weight is 248 g/mol. The number of H-pyrrole nitrogens is 1. The van der Waals surface area contributed by atoms with Gasteiger partial charge in [0.05, 0.1) is 6.61 Å². The van der Waals surface area contributed by atoms with Crippen molar-refractivity contribution in [3.63, 3.8) is 0 Å². The topological polar surface area (TPSA) is 63.7 Å². The number of hydrogen-bond donors (Lipinski definition) is 1. The lowest BCUT2D eigenvalue weighted by molar-refractivity contribution is 0.181. The van der Waals surface area contributed by atoms with Crippen LogP contribution in [0.1, 0.15) is 11.3 Å². The quantitative estimate of drug-likeness (QED) is 0.842. The maximum absolute atomic E-state index is 5.08. The molecule has 0 aliphatic heterocycles. The smallest absolute Gasteiger partial charge is 0.195 e. The van der Waals surface area contributed by atoms with E-state index >= 15 is 0 Å². The third-order valence-electron chi connectivity index (χ3n) is 2.09. The van der Waals surface area contributed by atoms with Crippen LogP contribution in [0.5, 0.6) is 0 Å². The summed E-state index contributed by atoms with van der Waals surface area (Å²) in [5.41, 5.74) is 1.85. The molecule has 0 aliphatic carbocycles. The standard InChI is InChI=1S/C11H12N4OS/c1-7-4-12-10(13-5-7)11-14-8(6-16-2)3-9(17)15-11/h3-5H,6H2,1-2H3,(H,14,15,17). The zero-order valence-electron chi connectivity index (χ0n) is 9.60. The van der Waals surface area contributed by atoms with E-state index in [0.29, 0.717) is 22.9 Å². The molecule has 2 rings (SSSR count). The van der Waals surface area contributed by atoms with Crippen LogP contribution in [0, 0.1) is 11.6 Å². The van der Waals surface area contributed by atoms with E-state index in [9.17, 15) is 0 Å². The number of rotatable bonds is 3. The van der Waals surface area contributed by atoms with Gasteiger partial charge in [-0.1, -0.05) is 12.2 Å². The predicted octanol–water partition coefficient (Wildman–Crippen LogP) is 2.05. The van der Waals surface area contributed by atoms with Crippen LogP contribution in [0.4, 0.5) is 0 Å². The second-order valence-electron chi connectivity index (χ2n) is 3.61. The van der Waals surface area contributed by atoms with E-state index in [2.05, 4.69) is 19.9 Å². The second kappa shape index (κ2) is 5.11. The molecule has 0 spiro atoms. The molecule has 2 aromatic heterocycles. The summed E-state index contributed by atoms with van der Waals surface area (Å²) in [7, 11) is 1.62. The largest absolute Gasteiger partial charge is 0.378 e. The Morgan fingerprint density at radius 2 is 2.06 bits per heavy atom. The Morgan fingerprint density at radius 3 is 2.71 bits per heavy atom. The maximum Gasteiger partial charge on any atom is 0.195 e. The van der Waals surface area contributed by atoms with Crippen LogP contribution in [-0.4, -0.2) is 27.0 Å². The number of ether oxygens (including phenoxy) is 1. The molecule has 0 saturated carbocycles. The first-order valence-corrected chi connectivity index (χ1v) is 5.48. The molecule has 1 N–H and O–H groups in total. The molecule has 0 radical (unpaired) electrons. The fraction of sp³-hybridized carbons (Fsp3) is 0.273. The van der Waals surface area contributed by atoms with Crippen LogP contribution in [0.2, 0.25) is 0 Å². The van der Waals surface area contributed by atoms with Gasteiger partial charge in [-0.2, -0.15) is 0 Å². The molecule has 17 heavy (non-hydrogen) atoms. The summed E-state index contributed by atoms with van der Waals surface area (Å²) < 4.78 is 5.54. The molecule has 0 bridgehead atoms. The number of nitrogens with zero attached hydrogens (tertiary/aromatic N) is 3. The molecule has 5 nitrogen and oxygen atoms in total. The number of hydrogen-bond acceptors (Lipinski definition) is 5. The van der Waals surface area contributed by atoms with Crippen molar-refractivity contribution in [1.82, 2.24) is 19.9 Å². The van der Waals surface area contributed by atoms with E-state index in [4.69, 9.17) is 17.0 Å². The van der Waals surface area contributed by atoms with E-state index < -0.39 is 0 Å². The Labute approximate surface area is 104 Å². The number of aromatic nitrogens is 4. The molecule has 6 heteroatoms. The summed E-state index contributed by atoms with van der Waals surface area (Å²) in [5.74, 6) is 1.09. The van der Waals surface area contributed by atoms with Gasteiger partial charge in [0.2, 0.25) is 0 Å². The summed E-state index contributed by atoms with van der Waals surface area (Å²) in [6, 6.07) is 1.76. The molecular weight excluding hydrogens is 236 g/mol. The summed E-state index contributed by atoms with van der Waals surface area (Å²) in [6.45, 7) is 2.38. The normalized spacial score (nSPS) is 10.5. The SMILES string of the molecule is COCc1cc(=S)nc(-c2ncc(C)cn2)[nH]1. The summed E-state index contributed by atoms with van der Waals surface area (Å²) in [5, 5.41) is 0. The molecule has 0 amide bonds. The lowest BCUT2D eigenvalue weighted by Crippen LogP contribution is -2.00. The monoisotopic (exact) mass is 248 g/mol. The van der Waals surface area contributed by atoms with E-state index in [1.54, 1.807) is 25.6 Å². The van der Waals surface area contributed by atoms with Crippen molar-refractivity contribution in [2.24, 2.45) is 0 Å². The van der Waals surface area contributed by atoms with E-state index in [1.165, 1.54) is 0 Å². The van der Waals surface area contributed by atoms with Gasteiger partial charge in [0.1, 0.15) is 4.64 Å². The van der Waals surface area contributed by atoms with Crippen LogP contribution >= 0.6 is 12.2 Å². The number of methoxy groups -OCH3 is 1.